The van der Waals surface area contributed by atoms with Crippen LogP contribution in [0.4, 0.5) is 0 Å². The first-order valence-electron chi connectivity index (χ1n) is 7.14. The van der Waals surface area contributed by atoms with Gasteiger partial charge in [0.25, 0.3) is 0 Å². The molecular formula is C18H17ClN2O. The average molecular weight is 313 g/mol. The molecule has 0 fully saturated rings. The molecule has 3 rings (SSSR count). The lowest BCUT2D eigenvalue weighted by molar-refractivity contribution is 0.183. The summed E-state index contributed by atoms with van der Waals surface area (Å²) in [5.41, 5.74) is 4.57. The number of hydrogen-bond donors (Lipinski definition) is 0. The average Bonchev–Trinajstić information content (AvgIpc) is 3.03. The van der Waals surface area contributed by atoms with Gasteiger partial charge in [-0.2, -0.15) is 5.10 Å². The Morgan fingerprint density at radius 3 is 2.45 bits per heavy atom. The van der Waals surface area contributed by atoms with E-state index in [1.54, 1.807) is 7.11 Å². The van der Waals surface area contributed by atoms with Crippen molar-refractivity contribution in [2.75, 3.05) is 13.7 Å². The van der Waals surface area contributed by atoms with Crippen molar-refractivity contribution in [1.82, 2.24) is 9.78 Å². The Hall–Kier alpha value is -2.10. The van der Waals surface area contributed by atoms with E-state index in [9.17, 15) is 0 Å². The SMILES string of the molecule is COCCn1cc(-c2cccc(-c3ccc(Cl)cc3)c2)cn1. The van der Waals surface area contributed by atoms with Crippen LogP contribution >= 0.6 is 11.6 Å². The number of halogens is 1. The topological polar surface area (TPSA) is 27.1 Å². The minimum absolute atomic E-state index is 0.659. The molecule has 0 radical (unpaired) electrons. The van der Waals surface area contributed by atoms with E-state index in [4.69, 9.17) is 16.3 Å². The van der Waals surface area contributed by atoms with Gasteiger partial charge in [-0.05, 0) is 34.9 Å². The molecule has 0 saturated carbocycles. The summed E-state index contributed by atoms with van der Waals surface area (Å²) in [7, 11) is 1.69. The lowest BCUT2D eigenvalue weighted by atomic mass is 10.0. The fraction of sp³-hybridized carbons (Fsp3) is 0.167. The molecule has 3 aromatic rings. The Morgan fingerprint density at radius 2 is 1.73 bits per heavy atom. The molecule has 4 heteroatoms. The molecule has 3 nitrogen and oxygen atoms in total. The highest BCUT2D eigenvalue weighted by Gasteiger charge is 2.04. The normalized spacial score (nSPS) is 10.8. The zero-order valence-electron chi connectivity index (χ0n) is 12.4. The number of benzene rings is 2. The Bertz CT molecular complexity index is 750. The molecule has 0 amide bonds. The number of nitrogens with zero attached hydrogens (tertiary/aromatic N) is 2. The van der Waals surface area contributed by atoms with E-state index >= 15 is 0 Å². The van der Waals surface area contributed by atoms with Crippen molar-refractivity contribution in [2.24, 2.45) is 0 Å². The summed E-state index contributed by atoms with van der Waals surface area (Å²) in [5, 5.41) is 5.11. The van der Waals surface area contributed by atoms with E-state index in [2.05, 4.69) is 29.4 Å². The second-order valence-corrected chi connectivity index (χ2v) is 5.51. The van der Waals surface area contributed by atoms with Crippen molar-refractivity contribution >= 4 is 11.6 Å². The molecule has 112 valence electrons. The van der Waals surface area contributed by atoms with Crippen LogP contribution in [0.25, 0.3) is 22.3 Å². The van der Waals surface area contributed by atoms with Gasteiger partial charge in [-0.3, -0.25) is 4.68 Å². The smallest absolute Gasteiger partial charge is 0.0658 e. The standard InChI is InChI=1S/C18H17ClN2O/c1-22-10-9-21-13-17(12-20-21)16-4-2-3-15(11-16)14-5-7-18(19)8-6-14/h2-8,11-13H,9-10H2,1H3. The van der Waals surface area contributed by atoms with Gasteiger partial charge in [0.05, 0.1) is 19.3 Å². The van der Waals surface area contributed by atoms with Crippen LogP contribution in [0.15, 0.2) is 60.9 Å². The lowest BCUT2D eigenvalue weighted by Crippen LogP contribution is -2.03. The maximum atomic E-state index is 5.95. The molecule has 2 aromatic carbocycles. The summed E-state index contributed by atoms with van der Waals surface area (Å²) >= 11 is 5.95. The van der Waals surface area contributed by atoms with Crippen LogP contribution in [0.1, 0.15) is 0 Å². The van der Waals surface area contributed by atoms with Crippen LogP contribution in [0, 0.1) is 0 Å². The second-order valence-electron chi connectivity index (χ2n) is 5.07. The monoisotopic (exact) mass is 312 g/mol. The van der Waals surface area contributed by atoms with Gasteiger partial charge >= 0.3 is 0 Å². The highest BCUT2D eigenvalue weighted by Crippen LogP contribution is 2.27. The molecule has 1 heterocycles. The molecule has 0 saturated heterocycles. The predicted octanol–water partition coefficient (Wildman–Crippen LogP) is 4.52. The summed E-state index contributed by atoms with van der Waals surface area (Å²) in [4.78, 5) is 0. The number of hydrogen-bond acceptors (Lipinski definition) is 2. The van der Waals surface area contributed by atoms with Crippen molar-refractivity contribution in [3.63, 3.8) is 0 Å². The van der Waals surface area contributed by atoms with Gasteiger partial charge in [0.2, 0.25) is 0 Å². The highest BCUT2D eigenvalue weighted by atomic mass is 35.5. The summed E-state index contributed by atoms with van der Waals surface area (Å²) < 4.78 is 6.97. The van der Waals surface area contributed by atoms with Crippen molar-refractivity contribution in [3.8, 4) is 22.3 Å². The molecule has 22 heavy (non-hydrogen) atoms. The minimum Gasteiger partial charge on any atom is -0.383 e. The highest BCUT2D eigenvalue weighted by molar-refractivity contribution is 6.30. The van der Waals surface area contributed by atoms with Crippen LogP contribution in [-0.2, 0) is 11.3 Å². The Labute approximate surface area is 135 Å². The Morgan fingerprint density at radius 1 is 1.00 bits per heavy atom. The van der Waals surface area contributed by atoms with Crippen LogP contribution in [0.5, 0.6) is 0 Å². The molecule has 0 bridgehead atoms. The van der Waals surface area contributed by atoms with Gasteiger partial charge in [0.1, 0.15) is 0 Å². The van der Waals surface area contributed by atoms with Gasteiger partial charge in [0, 0.05) is 23.9 Å². The maximum Gasteiger partial charge on any atom is 0.0658 e. The number of ether oxygens (including phenoxy) is 1. The van der Waals surface area contributed by atoms with Gasteiger partial charge in [-0.25, -0.2) is 0 Å². The van der Waals surface area contributed by atoms with Crippen LogP contribution in [0.2, 0.25) is 5.02 Å². The van der Waals surface area contributed by atoms with Crippen LogP contribution < -0.4 is 0 Å². The zero-order chi connectivity index (χ0) is 15.4. The first-order chi connectivity index (χ1) is 10.8. The van der Waals surface area contributed by atoms with E-state index in [1.807, 2.05) is 41.3 Å². The minimum atomic E-state index is 0.659. The molecule has 1 aromatic heterocycles. The van der Waals surface area contributed by atoms with Crippen LogP contribution in [0.3, 0.4) is 0 Å². The fourth-order valence-electron chi connectivity index (χ4n) is 2.34. The van der Waals surface area contributed by atoms with Gasteiger partial charge in [0.15, 0.2) is 0 Å². The van der Waals surface area contributed by atoms with Crippen molar-refractivity contribution in [2.45, 2.75) is 6.54 Å². The quantitative estimate of drug-likeness (QED) is 0.692. The largest absolute Gasteiger partial charge is 0.383 e. The predicted molar refractivity (Wildman–Crippen MR) is 90.0 cm³/mol. The van der Waals surface area contributed by atoms with Gasteiger partial charge in [-0.15, -0.1) is 0 Å². The lowest BCUT2D eigenvalue weighted by Gasteiger charge is -2.04. The summed E-state index contributed by atoms with van der Waals surface area (Å²) in [6.45, 7) is 1.42. The van der Waals surface area contributed by atoms with E-state index in [1.165, 1.54) is 5.56 Å². The third-order valence-electron chi connectivity index (χ3n) is 3.53. The summed E-state index contributed by atoms with van der Waals surface area (Å²) in [5.74, 6) is 0. The molecule has 0 N–H and O–H groups in total. The van der Waals surface area contributed by atoms with Crippen molar-refractivity contribution < 1.29 is 4.74 Å². The molecule has 0 aliphatic rings. The fourth-order valence-corrected chi connectivity index (χ4v) is 2.47. The van der Waals surface area contributed by atoms with Crippen LogP contribution in [-0.4, -0.2) is 23.5 Å². The number of rotatable bonds is 5. The Kier molecular flexibility index (Phi) is 4.56. The number of aromatic nitrogens is 2. The first-order valence-corrected chi connectivity index (χ1v) is 7.52. The summed E-state index contributed by atoms with van der Waals surface area (Å²) in [6, 6.07) is 16.3. The molecule has 0 aliphatic heterocycles. The van der Waals surface area contributed by atoms with E-state index in [0.717, 1.165) is 28.3 Å². The molecular weight excluding hydrogens is 296 g/mol. The van der Waals surface area contributed by atoms with Crippen molar-refractivity contribution in [3.05, 3.63) is 65.9 Å². The molecule has 0 aliphatic carbocycles. The molecule has 0 spiro atoms. The Balaban J connectivity index is 1.87. The second kappa shape index (κ2) is 6.77. The van der Waals surface area contributed by atoms with E-state index < -0.39 is 0 Å². The van der Waals surface area contributed by atoms with E-state index in [0.29, 0.717) is 6.61 Å². The number of methoxy groups -OCH3 is 1. The third kappa shape index (κ3) is 3.38. The summed E-state index contributed by atoms with van der Waals surface area (Å²) in [6.07, 6.45) is 3.93. The van der Waals surface area contributed by atoms with Gasteiger partial charge < -0.3 is 4.74 Å². The third-order valence-corrected chi connectivity index (χ3v) is 3.78. The van der Waals surface area contributed by atoms with Gasteiger partial charge in [-0.1, -0.05) is 41.9 Å². The molecule has 0 unspecified atom stereocenters. The van der Waals surface area contributed by atoms with Crippen molar-refractivity contribution in [1.29, 1.82) is 0 Å². The first kappa shape index (κ1) is 14.8. The van der Waals surface area contributed by atoms with E-state index in [-0.39, 0.29) is 0 Å². The maximum absolute atomic E-state index is 5.95. The molecule has 0 atom stereocenters. The zero-order valence-corrected chi connectivity index (χ0v) is 13.1.